The molecule has 5 rings (SSSR count). The smallest absolute Gasteiger partial charge is 0.229 e. The van der Waals surface area contributed by atoms with Crippen molar-refractivity contribution in [3.63, 3.8) is 0 Å². The number of fused-ring (bicyclic) bond motifs is 1. The lowest BCUT2D eigenvalue weighted by Crippen LogP contribution is -2.34. The van der Waals surface area contributed by atoms with Gasteiger partial charge in [-0.3, -0.25) is 0 Å². The number of rotatable bonds is 4. The van der Waals surface area contributed by atoms with Crippen LogP contribution in [-0.2, 0) is 0 Å². The summed E-state index contributed by atoms with van der Waals surface area (Å²) in [6.07, 6.45) is 3.12. The summed E-state index contributed by atoms with van der Waals surface area (Å²) in [7, 11) is 0. The van der Waals surface area contributed by atoms with Crippen molar-refractivity contribution >= 4 is 22.4 Å². The van der Waals surface area contributed by atoms with Crippen LogP contribution in [0.5, 0.6) is 0 Å². The van der Waals surface area contributed by atoms with Crippen molar-refractivity contribution in [1.82, 2.24) is 20.1 Å². The van der Waals surface area contributed by atoms with Gasteiger partial charge in [-0.25, -0.2) is 18.7 Å². The van der Waals surface area contributed by atoms with Crippen LogP contribution in [-0.4, -0.2) is 33.2 Å². The largest absolute Gasteiger partial charge is 0.396 e. The Morgan fingerprint density at radius 3 is 2.58 bits per heavy atom. The van der Waals surface area contributed by atoms with Crippen molar-refractivity contribution in [3.8, 4) is 11.1 Å². The van der Waals surface area contributed by atoms with Crippen molar-refractivity contribution < 1.29 is 13.3 Å². The van der Waals surface area contributed by atoms with E-state index >= 15 is 0 Å². The first-order chi connectivity index (χ1) is 15.9. The maximum atomic E-state index is 14.6. The third-order valence-corrected chi connectivity index (χ3v) is 6.10. The molecule has 1 saturated heterocycles. The first kappa shape index (κ1) is 21.2. The highest BCUT2D eigenvalue weighted by atomic mass is 19.1. The van der Waals surface area contributed by atoms with Gasteiger partial charge in [0.1, 0.15) is 23.8 Å². The maximum Gasteiger partial charge on any atom is 0.229 e. The summed E-state index contributed by atoms with van der Waals surface area (Å²) in [4.78, 5) is 15.5. The SMILES string of the molecule is CC(C)c1nc(C2CCN(c3ncnc4c(-c5ccc(N)c(F)c5)cc(F)cc34)CC2)no1. The fourth-order valence-corrected chi connectivity index (χ4v) is 4.28. The van der Waals surface area contributed by atoms with Crippen molar-refractivity contribution in [3.05, 3.63) is 60.0 Å². The number of piperidine rings is 1. The zero-order valence-electron chi connectivity index (χ0n) is 18.4. The number of nitrogen functional groups attached to an aromatic ring is 1. The molecule has 3 heterocycles. The Kier molecular flexibility index (Phi) is 5.39. The molecule has 2 aromatic carbocycles. The normalized spacial score (nSPS) is 15.0. The molecule has 33 heavy (non-hydrogen) atoms. The van der Waals surface area contributed by atoms with E-state index in [0.29, 0.717) is 46.8 Å². The number of nitrogens with two attached hydrogens (primary N) is 1. The van der Waals surface area contributed by atoms with E-state index in [-0.39, 0.29) is 17.5 Å². The molecular formula is C24H24F2N6O. The zero-order chi connectivity index (χ0) is 23.1. The molecule has 1 fully saturated rings. The van der Waals surface area contributed by atoms with E-state index in [2.05, 4.69) is 25.0 Å². The molecule has 0 aliphatic carbocycles. The molecule has 0 unspecified atom stereocenters. The van der Waals surface area contributed by atoms with Gasteiger partial charge in [-0.1, -0.05) is 25.1 Å². The van der Waals surface area contributed by atoms with Gasteiger partial charge in [0.15, 0.2) is 5.82 Å². The molecule has 2 N–H and O–H groups in total. The third kappa shape index (κ3) is 3.99. The first-order valence-electron chi connectivity index (χ1n) is 11.0. The van der Waals surface area contributed by atoms with E-state index in [9.17, 15) is 8.78 Å². The van der Waals surface area contributed by atoms with Gasteiger partial charge >= 0.3 is 0 Å². The number of hydrogen-bond acceptors (Lipinski definition) is 7. The van der Waals surface area contributed by atoms with E-state index < -0.39 is 11.6 Å². The Morgan fingerprint density at radius 2 is 1.88 bits per heavy atom. The Bertz CT molecular complexity index is 1310. The van der Waals surface area contributed by atoms with Gasteiger partial charge in [0.05, 0.1) is 11.2 Å². The summed E-state index contributed by atoms with van der Waals surface area (Å²) < 4.78 is 34.1. The topological polar surface area (TPSA) is 94.0 Å². The molecule has 0 atom stereocenters. The fourth-order valence-electron chi connectivity index (χ4n) is 4.28. The standard InChI is InChI=1S/C24H24F2N6O/c1-13(2)24-30-22(31-33-24)14-5-7-32(8-6-14)23-18-11-16(25)10-17(21(18)28-12-29-23)15-3-4-20(27)19(26)9-15/h3-4,9-14H,5-8,27H2,1-2H3. The summed E-state index contributed by atoms with van der Waals surface area (Å²) in [5.74, 6) is 1.46. The van der Waals surface area contributed by atoms with Crippen LogP contribution in [0.4, 0.5) is 20.3 Å². The van der Waals surface area contributed by atoms with Crippen LogP contribution in [0.15, 0.2) is 41.2 Å². The summed E-state index contributed by atoms with van der Waals surface area (Å²) >= 11 is 0. The molecule has 1 aliphatic rings. The molecule has 9 heteroatoms. The number of hydrogen-bond donors (Lipinski definition) is 1. The molecule has 0 amide bonds. The minimum Gasteiger partial charge on any atom is -0.396 e. The second-order valence-corrected chi connectivity index (χ2v) is 8.69. The first-order valence-corrected chi connectivity index (χ1v) is 11.0. The molecule has 0 radical (unpaired) electrons. The lowest BCUT2D eigenvalue weighted by atomic mass is 9.95. The summed E-state index contributed by atoms with van der Waals surface area (Å²) in [5, 5.41) is 4.75. The Balaban J connectivity index is 1.46. The Morgan fingerprint density at radius 1 is 1.09 bits per heavy atom. The molecule has 1 aliphatic heterocycles. The average molecular weight is 450 g/mol. The Labute approximate surface area is 189 Å². The molecule has 170 valence electrons. The zero-order valence-corrected chi connectivity index (χ0v) is 18.4. The van der Waals surface area contributed by atoms with Gasteiger partial charge in [-0.05, 0) is 42.7 Å². The molecule has 0 bridgehead atoms. The molecule has 2 aromatic heterocycles. The van der Waals surface area contributed by atoms with Gasteiger partial charge < -0.3 is 15.2 Å². The summed E-state index contributed by atoms with van der Waals surface area (Å²) in [6.45, 7) is 5.47. The van der Waals surface area contributed by atoms with E-state index in [0.717, 1.165) is 18.7 Å². The van der Waals surface area contributed by atoms with E-state index in [1.165, 1.54) is 30.6 Å². The molecule has 0 saturated carbocycles. The number of nitrogens with zero attached hydrogens (tertiary/aromatic N) is 5. The highest BCUT2D eigenvalue weighted by Crippen LogP contribution is 2.36. The third-order valence-electron chi connectivity index (χ3n) is 6.10. The number of halogens is 2. The maximum absolute atomic E-state index is 14.6. The minimum absolute atomic E-state index is 0.0414. The second kappa shape index (κ2) is 8.38. The van der Waals surface area contributed by atoms with Gasteiger partial charge in [-0.2, -0.15) is 4.98 Å². The Hall–Kier alpha value is -3.62. The van der Waals surface area contributed by atoms with Crippen molar-refractivity contribution in [2.75, 3.05) is 23.7 Å². The molecule has 7 nitrogen and oxygen atoms in total. The molecular weight excluding hydrogens is 426 g/mol. The van der Waals surface area contributed by atoms with Gasteiger partial charge in [0.25, 0.3) is 0 Å². The quantitative estimate of drug-likeness (QED) is 0.435. The van der Waals surface area contributed by atoms with Crippen LogP contribution in [0.25, 0.3) is 22.0 Å². The average Bonchev–Trinajstić information content (AvgIpc) is 3.31. The number of anilines is 2. The highest BCUT2D eigenvalue weighted by Gasteiger charge is 2.27. The van der Waals surface area contributed by atoms with Gasteiger partial charge in [-0.15, -0.1) is 0 Å². The van der Waals surface area contributed by atoms with Crippen LogP contribution in [0, 0.1) is 11.6 Å². The summed E-state index contributed by atoms with van der Waals surface area (Å²) in [5.41, 5.74) is 7.21. The lowest BCUT2D eigenvalue weighted by molar-refractivity contribution is 0.353. The van der Waals surface area contributed by atoms with Gasteiger partial charge in [0.2, 0.25) is 5.89 Å². The van der Waals surface area contributed by atoms with Crippen molar-refractivity contribution in [2.45, 2.75) is 38.5 Å². The minimum atomic E-state index is -0.552. The monoisotopic (exact) mass is 450 g/mol. The van der Waals surface area contributed by atoms with E-state index in [1.54, 1.807) is 6.07 Å². The van der Waals surface area contributed by atoms with Gasteiger partial charge in [0, 0.05) is 35.9 Å². The molecule has 0 spiro atoms. The molecule has 4 aromatic rings. The van der Waals surface area contributed by atoms with Crippen LogP contribution in [0.1, 0.15) is 50.2 Å². The van der Waals surface area contributed by atoms with Crippen molar-refractivity contribution in [2.24, 2.45) is 0 Å². The van der Waals surface area contributed by atoms with Crippen LogP contribution in [0.2, 0.25) is 0 Å². The lowest BCUT2D eigenvalue weighted by Gasteiger charge is -2.32. The summed E-state index contributed by atoms with van der Waals surface area (Å²) in [6, 6.07) is 7.22. The predicted octanol–water partition coefficient (Wildman–Crippen LogP) is 5.05. The van der Waals surface area contributed by atoms with Crippen LogP contribution in [0.3, 0.4) is 0 Å². The van der Waals surface area contributed by atoms with Crippen molar-refractivity contribution in [1.29, 1.82) is 0 Å². The van der Waals surface area contributed by atoms with Crippen LogP contribution >= 0.6 is 0 Å². The number of benzene rings is 2. The predicted molar refractivity (Wildman–Crippen MR) is 122 cm³/mol. The van der Waals surface area contributed by atoms with Crippen LogP contribution < -0.4 is 10.6 Å². The highest BCUT2D eigenvalue weighted by molar-refractivity contribution is 5.99. The fraction of sp³-hybridized carbons (Fsp3) is 0.333. The second-order valence-electron chi connectivity index (χ2n) is 8.69. The van der Waals surface area contributed by atoms with E-state index in [1.807, 2.05) is 13.8 Å². The van der Waals surface area contributed by atoms with E-state index in [4.69, 9.17) is 10.3 Å². The number of aromatic nitrogens is 4.